The molecule has 8 heteroatoms. The lowest BCUT2D eigenvalue weighted by molar-refractivity contribution is -0.187. The Morgan fingerprint density at radius 3 is 2.58 bits per heavy atom. The SMILES string of the molecule is O=C(CN1C(=O)C(Oc2ccc(F)cc2)C12CCCCC2)NCCCN1CCOCC1. The number of amides is 2. The molecule has 0 aromatic heterocycles. The lowest BCUT2D eigenvalue weighted by Crippen LogP contribution is -2.77. The molecule has 3 aliphatic rings. The number of halogens is 1. The van der Waals surface area contributed by atoms with Crippen molar-refractivity contribution in [1.29, 1.82) is 0 Å². The number of benzene rings is 1. The number of nitrogens with zero attached hydrogens (tertiary/aromatic N) is 2. The maximum atomic E-state index is 13.2. The van der Waals surface area contributed by atoms with Gasteiger partial charge in [-0.1, -0.05) is 19.3 Å². The van der Waals surface area contributed by atoms with Crippen LogP contribution in [0.3, 0.4) is 0 Å². The summed E-state index contributed by atoms with van der Waals surface area (Å²) in [4.78, 5) is 29.5. The Bertz CT molecular complexity index is 761. The fourth-order valence-corrected chi connectivity index (χ4v) is 4.96. The summed E-state index contributed by atoms with van der Waals surface area (Å²) >= 11 is 0. The topological polar surface area (TPSA) is 71.1 Å². The van der Waals surface area contributed by atoms with E-state index < -0.39 is 11.6 Å². The Kier molecular flexibility index (Phi) is 7.07. The molecule has 2 saturated heterocycles. The highest BCUT2D eigenvalue weighted by Gasteiger charge is 2.62. The second-order valence-electron chi connectivity index (χ2n) is 8.70. The smallest absolute Gasteiger partial charge is 0.267 e. The molecule has 1 aromatic rings. The van der Waals surface area contributed by atoms with E-state index in [1.54, 1.807) is 17.0 Å². The molecular weight excluding hydrogens is 401 g/mol. The number of hydrogen-bond donors (Lipinski definition) is 1. The zero-order valence-corrected chi connectivity index (χ0v) is 18.0. The molecule has 31 heavy (non-hydrogen) atoms. The highest BCUT2D eigenvalue weighted by atomic mass is 19.1. The molecule has 1 unspecified atom stereocenters. The number of morpholine rings is 1. The van der Waals surface area contributed by atoms with E-state index in [4.69, 9.17) is 9.47 Å². The highest BCUT2D eigenvalue weighted by Crippen LogP contribution is 2.45. The second kappa shape index (κ2) is 9.96. The summed E-state index contributed by atoms with van der Waals surface area (Å²) in [5, 5.41) is 2.96. The summed E-state index contributed by atoms with van der Waals surface area (Å²) in [5.74, 6) is -0.140. The van der Waals surface area contributed by atoms with Gasteiger partial charge in [-0.2, -0.15) is 0 Å². The molecule has 3 fully saturated rings. The molecule has 1 spiro atoms. The van der Waals surface area contributed by atoms with Crippen LogP contribution in [-0.4, -0.2) is 79.2 Å². The van der Waals surface area contributed by atoms with Gasteiger partial charge >= 0.3 is 0 Å². The summed E-state index contributed by atoms with van der Waals surface area (Å²) < 4.78 is 24.5. The van der Waals surface area contributed by atoms with Crippen molar-refractivity contribution >= 4 is 11.8 Å². The molecule has 1 N–H and O–H groups in total. The van der Waals surface area contributed by atoms with Crippen molar-refractivity contribution in [3.05, 3.63) is 30.1 Å². The van der Waals surface area contributed by atoms with Gasteiger partial charge in [-0.3, -0.25) is 14.5 Å². The van der Waals surface area contributed by atoms with Gasteiger partial charge in [-0.25, -0.2) is 4.39 Å². The van der Waals surface area contributed by atoms with Gasteiger partial charge in [0.15, 0.2) is 6.10 Å². The zero-order chi connectivity index (χ0) is 21.7. The Morgan fingerprint density at radius 2 is 1.87 bits per heavy atom. The number of nitrogens with one attached hydrogen (secondary N) is 1. The monoisotopic (exact) mass is 433 g/mol. The standard InChI is InChI=1S/C23H32FN3O4/c24-18-5-7-19(8-6-18)31-21-22(29)27(23(21)9-2-1-3-10-23)17-20(28)25-11-4-12-26-13-15-30-16-14-26/h5-8,21H,1-4,9-17H2,(H,25,28). The number of carbonyl (C=O) groups is 2. The van der Waals surface area contributed by atoms with Crippen LogP contribution < -0.4 is 10.1 Å². The van der Waals surface area contributed by atoms with E-state index >= 15 is 0 Å². The van der Waals surface area contributed by atoms with Crippen molar-refractivity contribution in [2.45, 2.75) is 50.2 Å². The lowest BCUT2D eigenvalue weighted by Gasteiger charge is -2.58. The van der Waals surface area contributed by atoms with Gasteiger partial charge in [-0.05, 0) is 50.1 Å². The van der Waals surface area contributed by atoms with E-state index in [1.807, 2.05) is 0 Å². The Balaban J connectivity index is 1.30. The predicted octanol–water partition coefficient (Wildman–Crippen LogP) is 1.96. The Labute approximate surface area is 182 Å². The van der Waals surface area contributed by atoms with Gasteiger partial charge in [0.1, 0.15) is 18.1 Å². The van der Waals surface area contributed by atoms with Crippen molar-refractivity contribution in [1.82, 2.24) is 15.1 Å². The summed E-state index contributed by atoms with van der Waals surface area (Å²) in [6.45, 7) is 5.02. The molecule has 1 atom stereocenters. The van der Waals surface area contributed by atoms with Crippen LogP contribution in [0.15, 0.2) is 24.3 Å². The quantitative estimate of drug-likeness (QED) is 0.501. The Morgan fingerprint density at radius 1 is 1.16 bits per heavy atom. The first-order chi connectivity index (χ1) is 15.1. The van der Waals surface area contributed by atoms with Crippen LogP contribution in [0.5, 0.6) is 5.75 Å². The average Bonchev–Trinajstić information content (AvgIpc) is 2.81. The van der Waals surface area contributed by atoms with E-state index in [1.165, 1.54) is 12.1 Å². The minimum Gasteiger partial charge on any atom is -0.478 e. The van der Waals surface area contributed by atoms with Crippen LogP contribution in [0.4, 0.5) is 4.39 Å². The van der Waals surface area contributed by atoms with Gasteiger partial charge in [0.25, 0.3) is 5.91 Å². The molecule has 4 rings (SSSR count). The first-order valence-electron chi connectivity index (χ1n) is 11.4. The molecule has 1 saturated carbocycles. The number of β-lactam (4-membered cyclic amide) rings is 1. The van der Waals surface area contributed by atoms with Crippen LogP contribution in [0.2, 0.25) is 0 Å². The van der Waals surface area contributed by atoms with Crippen molar-refractivity contribution < 1.29 is 23.5 Å². The molecular formula is C23H32FN3O4. The van der Waals surface area contributed by atoms with Gasteiger partial charge in [0, 0.05) is 19.6 Å². The van der Waals surface area contributed by atoms with E-state index in [-0.39, 0.29) is 24.2 Å². The molecule has 0 bridgehead atoms. The third kappa shape index (κ3) is 5.01. The summed E-state index contributed by atoms with van der Waals surface area (Å²) in [6.07, 6.45) is 5.07. The van der Waals surface area contributed by atoms with E-state index in [0.29, 0.717) is 12.3 Å². The third-order valence-electron chi connectivity index (χ3n) is 6.68. The normalized spacial score (nSPS) is 23.5. The van der Waals surface area contributed by atoms with Crippen LogP contribution >= 0.6 is 0 Å². The maximum Gasteiger partial charge on any atom is 0.267 e. The number of rotatable bonds is 8. The first kappa shape index (κ1) is 22.0. The number of carbonyl (C=O) groups excluding carboxylic acids is 2. The average molecular weight is 434 g/mol. The Hall–Kier alpha value is -2.19. The van der Waals surface area contributed by atoms with Crippen LogP contribution in [0.1, 0.15) is 38.5 Å². The van der Waals surface area contributed by atoms with Crippen molar-refractivity contribution in [3.63, 3.8) is 0 Å². The molecule has 7 nitrogen and oxygen atoms in total. The van der Waals surface area contributed by atoms with Crippen molar-refractivity contribution in [3.8, 4) is 5.75 Å². The van der Waals surface area contributed by atoms with Crippen LogP contribution in [0, 0.1) is 5.82 Å². The van der Waals surface area contributed by atoms with E-state index in [0.717, 1.165) is 71.4 Å². The minimum absolute atomic E-state index is 0.0691. The summed E-state index contributed by atoms with van der Waals surface area (Å²) in [7, 11) is 0. The molecule has 2 aliphatic heterocycles. The van der Waals surface area contributed by atoms with Gasteiger partial charge in [0.05, 0.1) is 18.8 Å². The van der Waals surface area contributed by atoms with E-state index in [9.17, 15) is 14.0 Å². The summed E-state index contributed by atoms with van der Waals surface area (Å²) in [5.41, 5.74) is -0.436. The molecule has 170 valence electrons. The number of ether oxygens (including phenoxy) is 2. The molecule has 2 amide bonds. The first-order valence-corrected chi connectivity index (χ1v) is 11.4. The second-order valence-corrected chi connectivity index (χ2v) is 8.70. The lowest BCUT2D eigenvalue weighted by atomic mass is 9.70. The predicted molar refractivity (Wildman–Crippen MR) is 113 cm³/mol. The fourth-order valence-electron chi connectivity index (χ4n) is 4.96. The van der Waals surface area contributed by atoms with Gasteiger partial charge in [-0.15, -0.1) is 0 Å². The third-order valence-corrected chi connectivity index (χ3v) is 6.68. The van der Waals surface area contributed by atoms with Crippen molar-refractivity contribution in [2.75, 3.05) is 45.9 Å². The largest absolute Gasteiger partial charge is 0.478 e. The van der Waals surface area contributed by atoms with Crippen LogP contribution in [0.25, 0.3) is 0 Å². The minimum atomic E-state index is -0.604. The van der Waals surface area contributed by atoms with Crippen molar-refractivity contribution in [2.24, 2.45) is 0 Å². The van der Waals surface area contributed by atoms with Gasteiger partial charge < -0.3 is 19.7 Å². The number of likely N-dealkylation sites (tertiary alicyclic amines) is 1. The zero-order valence-electron chi connectivity index (χ0n) is 18.0. The maximum absolute atomic E-state index is 13.2. The molecule has 1 aromatic carbocycles. The van der Waals surface area contributed by atoms with Crippen LogP contribution in [-0.2, 0) is 14.3 Å². The number of hydrogen-bond acceptors (Lipinski definition) is 5. The summed E-state index contributed by atoms with van der Waals surface area (Å²) in [6, 6.07) is 5.74. The highest BCUT2D eigenvalue weighted by molar-refractivity contribution is 5.94. The van der Waals surface area contributed by atoms with Gasteiger partial charge in [0.2, 0.25) is 5.91 Å². The fraction of sp³-hybridized carbons (Fsp3) is 0.652. The molecule has 1 aliphatic carbocycles. The van der Waals surface area contributed by atoms with E-state index in [2.05, 4.69) is 10.2 Å². The molecule has 0 radical (unpaired) electrons. The molecule has 2 heterocycles.